The summed E-state index contributed by atoms with van der Waals surface area (Å²) in [6.45, 7) is 13.8. The first kappa shape index (κ1) is 15.5. The van der Waals surface area contributed by atoms with Gasteiger partial charge in [-0.2, -0.15) is 0 Å². The van der Waals surface area contributed by atoms with Gasteiger partial charge in [0, 0.05) is 23.6 Å². The maximum Gasteiger partial charge on any atom is 0.112 e. The molecule has 4 rings (SSSR count). The predicted molar refractivity (Wildman–Crippen MR) is 101 cm³/mol. The van der Waals surface area contributed by atoms with Crippen LogP contribution in [0.5, 0.6) is 0 Å². The Morgan fingerprint density at radius 3 is 2.29 bits per heavy atom. The third kappa shape index (κ3) is 1.65. The summed E-state index contributed by atoms with van der Waals surface area (Å²) in [5.74, 6) is 0. The smallest absolute Gasteiger partial charge is 0.112 e. The van der Waals surface area contributed by atoms with Crippen LogP contribution in [-0.4, -0.2) is 18.2 Å². The van der Waals surface area contributed by atoms with E-state index in [1.807, 2.05) is 0 Å². The number of aromatic nitrogens is 1. The minimum Gasteiger partial charge on any atom is -0.352 e. The van der Waals surface area contributed by atoms with E-state index in [1.165, 1.54) is 22.6 Å². The average molecular weight is 321 g/mol. The van der Waals surface area contributed by atoms with Crippen LogP contribution < -0.4 is 9.80 Å². The molecule has 0 spiro atoms. The third-order valence-electron chi connectivity index (χ3n) is 6.60. The molecule has 0 radical (unpaired) electrons. The van der Waals surface area contributed by atoms with E-state index in [4.69, 9.17) is 4.98 Å². The number of benzene rings is 1. The lowest BCUT2D eigenvalue weighted by Gasteiger charge is -2.56. The molecule has 0 amide bonds. The molecular formula is C21H27N3. The van der Waals surface area contributed by atoms with Gasteiger partial charge in [0.15, 0.2) is 0 Å². The second kappa shape index (κ2) is 4.53. The van der Waals surface area contributed by atoms with Crippen LogP contribution in [0.1, 0.15) is 44.6 Å². The molecular weight excluding hydrogens is 294 g/mol. The largest absolute Gasteiger partial charge is 0.352 e. The Balaban J connectivity index is 2.10. The highest BCUT2D eigenvalue weighted by atomic mass is 15.4. The minimum atomic E-state index is 0.0538. The van der Waals surface area contributed by atoms with Gasteiger partial charge in [-0.15, -0.1) is 0 Å². The van der Waals surface area contributed by atoms with E-state index in [0.717, 1.165) is 11.4 Å². The first-order valence-electron chi connectivity index (χ1n) is 8.78. The van der Waals surface area contributed by atoms with Crippen molar-refractivity contribution >= 4 is 17.1 Å². The van der Waals surface area contributed by atoms with Crippen LogP contribution in [0.3, 0.4) is 0 Å². The van der Waals surface area contributed by atoms with Crippen molar-refractivity contribution in [3.8, 4) is 0 Å². The Morgan fingerprint density at radius 1 is 1.00 bits per heavy atom. The highest BCUT2D eigenvalue weighted by Gasteiger charge is 2.57. The SMILES string of the molecule is Cc1cc2c(c(C)n1)N1c3ccccc3N(C)C1C(C)(C)C2(C)C. The summed E-state index contributed by atoms with van der Waals surface area (Å²) in [4.78, 5) is 9.77. The first-order valence-corrected chi connectivity index (χ1v) is 8.78. The van der Waals surface area contributed by atoms with E-state index >= 15 is 0 Å². The molecule has 2 aromatic rings. The Kier molecular flexibility index (Phi) is 2.92. The fourth-order valence-corrected chi connectivity index (χ4v) is 4.72. The highest BCUT2D eigenvalue weighted by molar-refractivity contribution is 5.87. The van der Waals surface area contributed by atoms with Crippen molar-refractivity contribution in [2.24, 2.45) is 5.41 Å². The Hall–Kier alpha value is -2.03. The van der Waals surface area contributed by atoms with Crippen molar-refractivity contribution in [2.75, 3.05) is 16.8 Å². The minimum absolute atomic E-state index is 0.0538. The van der Waals surface area contributed by atoms with Gasteiger partial charge in [-0.25, -0.2) is 0 Å². The molecule has 126 valence electrons. The molecule has 3 nitrogen and oxygen atoms in total. The van der Waals surface area contributed by atoms with E-state index < -0.39 is 0 Å². The molecule has 0 saturated heterocycles. The molecule has 1 aromatic carbocycles. The fraction of sp³-hybridized carbons (Fsp3) is 0.476. The molecule has 1 unspecified atom stereocenters. The first-order chi connectivity index (χ1) is 11.2. The van der Waals surface area contributed by atoms with Gasteiger partial charge >= 0.3 is 0 Å². The second-order valence-electron chi connectivity index (χ2n) is 8.44. The number of anilines is 3. The molecule has 2 aliphatic rings. The van der Waals surface area contributed by atoms with Crippen molar-refractivity contribution in [1.82, 2.24) is 4.98 Å². The molecule has 0 aliphatic carbocycles. The van der Waals surface area contributed by atoms with Gasteiger partial charge in [0.2, 0.25) is 0 Å². The van der Waals surface area contributed by atoms with Crippen molar-refractivity contribution in [2.45, 2.75) is 53.1 Å². The highest BCUT2D eigenvalue weighted by Crippen LogP contribution is 2.60. The van der Waals surface area contributed by atoms with Gasteiger partial charge < -0.3 is 9.80 Å². The van der Waals surface area contributed by atoms with Gasteiger partial charge in [-0.05, 0) is 37.6 Å². The van der Waals surface area contributed by atoms with Crippen LogP contribution >= 0.6 is 0 Å². The molecule has 0 N–H and O–H groups in total. The van der Waals surface area contributed by atoms with Crippen LogP contribution in [0.4, 0.5) is 17.1 Å². The lowest BCUT2D eigenvalue weighted by molar-refractivity contribution is 0.143. The van der Waals surface area contributed by atoms with Crippen LogP contribution in [-0.2, 0) is 5.41 Å². The van der Waals surface area contributed by atoms with Crippen LogP contribution in [0.25, 0.3) is 0 Å². The van der Waals surface area contributed by atoms with Crippen molar-refractivity contribution in [1.29, 1.82) is 0 Å². The lowest BCUT2D eigenvalue weighted by Crippen LogP contribution is -2.60. The maximum atomic E-state index is 4.80. The molecule has 0 bridgehead atoms. The normalized spacial score (nSPS) is 22.9. The maximum absolute atomic E-state index is 4.80. The molecule has 1 aromatic heterocycles. The number of hydrogen-bond donors (Lipinski definition) is 0. The van der Waals surface area contributed by atoms with Crippen LogP contribution in [0.15, 0.2) is 30.3 Å². The molecule has 24 heavy (non-hydrogen) atoms. The zero-order valence-corrected chi connectivity index (χ0v) is 15.8. The summed E-state index contributed by atoms with van der Waals surface area (Å²) in [6, 6.07) is 11.0. The summed E-state index contributed by atoms with van der Waals surface area (Å²) in [5, 5.41) is 0. The zero-order chi connectivity index (χ0) is 17.4. The lowest BCUT2D eigenvalue weighted by atomic mass is 9.59. The van der Waals surface area contributed by atoms with Crippen molar-refractivity contribution in [3.63, 3.8) is 0 Å². The van der Waals surface area contributed by atoms with Crippen molar-refractivity contribution in [3.05, 3.63) is 47.3 Å². The van der Waals surface area contributed by atoms with Gasteiger partial charge in [-0.3, -0.25) is 4.98 Å². The Labute approximate surface area is 145 Å². The summed E-state index contributed by atoms with van der Waals surface area (Å²) >= 11 is 0. The second-order valence-corrected chi connectivity index (χ2v) is 8.44. The van der Waals surface area contributed by atoms with Crippen LogP contribution in [0.2, 0.25) is 0 Å². The number of aryl methyl sites for hydroxylation is 2. The standard InChI is InChI=1S/C21H27N3/c1-13-12-15-18(14(2)22-13)24-17-11-9-8-10-16(17)23(7)19(24)21(5,6)20(15,3)4/h8-12,19H,1-7H3. The van der Waals surface area contributed by atoms with E-state index in [2.05, 4.69) is 88.7 Å². The van der Waals surface area contributed by atoms with Crippen molar-refractivity contribution < 1.29 is 0 Å². The monoisotopic (exact) mass is 321 g/mol. The zero-order valence-electron chi connectivity index (χ0n) is 15.8. The van der Waals surface area contributed by atoms with Gasteiger partial charge in [-0.1, -0.05) is 39.8 Å². The van der Waals surface area contributed by atoms with Gasteiger partial charge in [0.1, 0.15) is 6.17 Å². The molecule has 2 aliphatic heterocycles. The summed E-state index contributed by atoms with van der Waals surface area (Å²) < 4.78 is 0. The van der Waals surface area contributed by atoms with Gasteiger partial charge in [0.25, 0.3) is 0 Å². The van der Waals surface area contributed by atoms with E-state index in [1.54, 1.807) is 0 Å². The predicted octanol–water partition coefficient (Wildman–Crippen LogP) is 4.93. The summed E-state index contributed by atoms with van der Waals surface area (Å²) in [5.41, 5.74) is 7.68. The Morgan fingerprint density at radius 2 is 1.62 bits per heavy atom. The summed E-state index contributed by atoms with van der Waals surface area (Å²) in [7, 11) is 2.23. The number of rotatable bonds is 0. The molecule has 3 heteroatoms. The van der Waals surface area contributed by atoms with Crippen LogP contribution in [0, 0.1) is 19.3 Å². The summed E-state index contributed by atoms with van der Waals surface area (Å²) in [6.07, 6.45) is 0.292. The average Bonchev–Trinajstić information content (AvgIpc) is 2.79. The third-order valence-corrected chi connectivity index (χ3v) is 6.60. The van der Waals surface area contributed by atoms with E-state index in [9.17, 15) is 0 Å². The number of para-hydroxylation sites is 2. The molecule has 0 saturated carbocycles. The number of nitrogens with zero attached hydrogens (tertiary/aromatic N) is 3. The molecule has 1 atom stereocenters. The van der Waals surface area contributed by atoms with E-state index in [0.29, 0.717) is 6.17 Å². The number of fused-ring (bicyclic) bond motifs is 5. The van der Waals surface area contributed by atoms with E-state index in [-0.39, 0.29) is 10.8 Å². The number of pyridine rings is 1. The van der Waals surface area contributed by atoms with Gasteiger partial charge in [0.05, 0.1) is 22.8 Å². The quantitative estimate of drug-likeness (QED) is 0.686. The number of hydrogen-bond acceptors (Lipinski definition) is 3. The topological polar surface area (TPSA) is 19.4 Å². The Bertz CT molecular complexity index is 835. The molecule has 0 fully saturated rings. The fourth-order valence-electron chi connectivity index (χ4n) is 4.72. The molecule has 3 heterocycles.